The number of hydrogen-bond acceptors (Lipinski definition) is 3. The van der Waals surface area contributed by atoms with E-state index in [4.69, 9.17) is 0 Å². The number of aliphatic hydroxyl groups is 1. The van der Waals surface area contributed by atoms with E-state index >= 15 is 0 Å². The van der Waals surface area contributed by atoms with Gasteiger partial charge >= 0.3 is 0 Å². The molecule has 12 heavy (non-hydrogen) atoms. The predicted molar refractivity (Wildman–Crippen MR) is 48.0 cm³/mol. The highest BCUT2D eigenvalue weighted by Gasteiger charge is 2.00. The number of nitrogens with one attached hydrogen (secondary N) is 1. The van der Waals surface area contributed by atoms with Crippen molar-refractivity contribution in [1.29, 1.82) is 0 Å². The van der Waals surface area contributed by atoms with Gasteiger partial charge in [0, 0.05) is 19.8 Å². The van der Waals surface area contributed by atoms with Crippen molar-refractivity contribution in [2.45, 2.75) is 19.4 Å². The van der Waals surface area contributed by atoms with Crippen molar-refractivity contribution < 1.29 is 5.11 Å². The molecule has 0 aliphatic rings. The third kappa shape index (κ3) is 2.54. The lowest BCUT2D eigenvalue weighted by Gasteiger charge is -2.07. The molecule has 1 aromatic heterocycles. The molecule has 4 nitrogen and oxygen atoms in total. The van der Waals surface area contributed by atoms with Gasteiger partial charge in [-0.1, -0.05) is 6.92 Å². The van der Waals surface area contributed by atoms with Crippen LogP contribution in [-0.2, 0) is 7.05 Å². The van der Waals surface area contributed by atoms with E-state index in [1.165, 1.54) is 0 Å². The summed E-state index contributed by atoms with van der Waals surface area (Å²) in [5.41, 5.74) is 0.949. The molecule has 0 radical (unpaired) electrons. The van der Waals surface area contributed by atoms with E-state index in [2.05, 4.69) is 10.4 Å². The quantitative estimate of drug-likeness (QED) is 0.694. The Hall–Kier alpha value is -1.03. The van der Waals surface area contributed by atoms with Crippen LogP contribution < -0.4 is 5.32 Å². The maximum atomic E-state index is 9.24. The van der Waals surface area contributed by atoms with Crippen LogP contribution in [0.2, 0.25) is 0 Å². The van der Waals surface area contributed by atoms with E-state index in [0.29, 0.717) is 6.54 Å². The van der Waals surface area contributed by atoms with E-state index in [-0.39, 0.29) is 6.10 Å². The number of nitrogens with zero attached hydrogens (tertiary/aromatic N) is 2. The van der Waals surface area contributed by atoms with Gasteiger partial charge in [-0.25, -0.2) is 0 Å². The van der Waals surface area contributed by atoms with Crippen LogP contribution in [0.15, 0.2) is 12.4 Å². The Morgan fingerprint density at radius 1 is 1.75 bits per heavy atom. The van der Waals surface area contributed by atoms with Crippen molar-refractivity contribution in [3.63, 3.8) is 0 Å². The molecule has 1 atom stereocenters. The summed E-state index contributed by atoms with van der Waals surface area (Å²) in [7, 11) is 1.86. The summed E-state index contributed by atoms with van der Waals surface area (Å²) in [6, 6.07) is 0. The zero-order valence-electron chi connectivity index (χ0n) is 7.49. The van der Waals surface area contributed by atoms with E-state index in [1.54, 1.807) is 10.9 Å². The first-order valence-corrected chi connectivity index (χ1v) is 4.13. The molecule has 1 rings (SSSR count). The molecule has 0 bridgehead atoms. The molecule has 4 heteroatoms. The van der Waals surface area contributed by atoms with Crippen molar-refractivity contribution in [2.24, 2.45) is 7.05 Å². The lowest BCUT2D eigenvalue weighted by atomic mass is 10.3. The lowest BCUT2D eigenvalue weighted by molar-refractivity contribution is 0.183. The van der Waals surface area contributed by atoms with Crippen molar-refractivity contribution >= 4 is 5.69 Å². The number of aromatic nitrogens is 2. The summed E-state index contributed by atoms with van der Waals surface area (Å²) in [6.07, 6.45) is 4.11. The smallest absolute Gasteiger partial charge is 0.0727 e. The zero-order valence-corrected chi connectivity index (χ0v) is 7.49. The standard InChI is InChI=1S/C8H15N3O/c1-3-8(12)5-9-7-4-10-11(2)6-7/h4,6,8-9,12H,3,5H2,1-2H3. The van der Waals surface area contributed by atoms with Gasteiger partial charge in [0.15, 0.2) is 0 Å². The average Bonchev–Trinajstić information content (AvgIpc) is 2.47. The molecule has 0 aliphatic carbocycles. The van der Waals surface area contributed by atoms with Gasteiger partial charge in [-0.2, -0.15) is 5.10 Å². The zero-order chi connectivity index (χ0) is 8.97. The Bertz CT molecular complexity index is 234. The first-order chi connectivity index (χ1) is 5.72. The topological polar surface area (TPSA) is 50.1 Å². The summed E-state index contributed by atoms with van der Waals surface area (Å²) in [5.74, 6) is 0. The van der Waals surface area contributed by atoms with Gasteiger partial charge in [0.05, 0.1) is 18.0 Å². The van der Waals surface area contributed by atoms with Gasteiger partial charge in [0.1, 0.15) is 0 Å². The first kappa shape index (κ1) is 9.06. The summed E-state index contributed by atoms with van der Waals surface area (Å²) in [4.78, 5) is 0. The molecule has 0 aliphatic heterocycles. The third-order valence-electron chi connectivity index (χ3n) is 1.72. The molecule has 2 N–H and O–H groups in total. The Morgan fingerprint density at radius 3 is 3.00 bits per heavy atom. The molecule has 0 spiro atoms. The van der Waals surface area contributed by atoms with Crippen LogP contribution in [-0.4, -0.2) is 27.5 Å². The van der Waals surface area contributed by atoms with Gasteiger partial charge in [0.2, 0.25) is 0 Å². The fourth-order valence-electron chi connectivity index (χ4n) is 0.893. The second-order valence-corrected chi connectivity index (χ2v) is 2.85. The van der Waals surface area contributed by atoms with E-state index in [0.717, 1.165) is 12.1 Å². The van der Waals surface area contributed by atoms with Crippen LogP contribution >= 0.6 is 0 Å². The van der Waals surface area contributed by atoms with Gasteiger partial charge < -0.3 is 10.4 Å². The van der Waals surface area contributed by atoms with E-state index < -0.39 is 0 Å². The number of hydrogen-bond donors (Lipinski definition) is 2. The molecule has 1 aromatic rings. The highest BCUT2D eigenvalue weighted by molar-refractivity contribution is 5.37. The Balaban J connectivity index is 2.33. The molecule has 0 amide bonds. The molecule has 0 aromatic carbocycles. The van der Waals surface area contributed by atoms with Crippen molar-refractivity contribution in [3.8, 4) is 0 Å². The minimum atomic E-state index is -0.273. The monoisotopic (exact) mass is 169 g/mol. The summed E-state index contributed by atoms with van der Waals surface area (Å²) in [5, 5.41) is 16.3. The SMILES string of the molecule is CCC(O)CNc1cnn(C)c1. The van der Waals surface area contributed by atoms with Crippen LogP contribution in [0.25, 0.3) is 0 Å². The number of aliphatic hydroxyl groups excluding tert-OH is 1. The Morgan fingerprint density at radius 2 is 2.50 bits per heavy atom. The maximum absolute atomic E-state index is 9.24. The fourth-order valence-corrected chi connectivity index (χ4v) is 0.893. The fraction of sp³-hybridized carbons (Fsp3) is 0.625. The summed E-state index contributed by atoms with van der Waals surface area (Å²) < 4.78 is 1.72. The van der Waals surface area contributed by atoms with Crippen molar-refractivity contribution in [2.75, 3.05) is 11.9 Å². The van der Waals surface area contributed by atoms with Crippen LogP contribution in [0.3, 0.4) is 0 Å². The van der Waals surface area contributed by atoms with Gasteiger partial charge in [-0.15, -0.1) is 0 Å². The number of anilines is 1. The van der Waals surface area contributed by atoms with Gasteiger partial charge in [-0.05, 0) is 6.42 Å². The largest absolute Gasteiger partial charge is 0.391 e. The molecule has 68 valence electrons. The molecule has 1 heterocycles. The highest BCUT2D eigenvalue weighted by atomic mass is 16.3. The minimum absolute atomic E-state index is 0.273. The second-order valence-electron chi connectivity index (χ2n) is 2.85. The Labute approximate surface area is 72.2 Å². The maximum Gasteiger partial charge on any atom is 0.0727 e. The second kappa shape index (κ2) is 4.11. The summed E-state index contributed by atoms with van der Waals surface area (Å²) in [6.45, 7) is 2.54. The average molecular weight is 169 g/mol. The normalized spacial score (nSPS) is 12.9. The van der Waals surface area contributed by atoms with Crippen molar-refractivity contribution in [3.05, 3.63) is 12.4 Å². The highest BCUT2D eigenvalue weighted by Crippen LogP contribution is 2.03. The van der Waals surface area contributed by atoms with Crippen LogP contribution in [0.5, 0.6) is 0 Å². The molecule has 1 unspecified atom stereocenters. The lowest BCUT2D eigenvalue weighted by Crippen LogP contribution is -2.17. The molecule has 0 fully saturated rings. The third-order valence-corrected chi connectivity index (χ3v) is 1.72. The number of aryl methyl sites for hydroxylation is 1. The van der Waals surface area contributed by atoms with Gasteiger partial charge in [-0.3, -0.25) is 4.68 Å². The summed E-state index contributed by atoms with van der Waals surface area (Å²) >= 11 is 0. The van der Waals surface area contributed by atoms with Crippen LogP contribution in [0, 0.1) is 0 Å². The molecular formula is C8H15N3O. The number of rotatable bonds is 4. The Kier molecular flexibility index (Phi) is 3.10. The van der Waals surface area contributed by atoms with Crippen LogP contribution in [0.4, 0.5) is 5.69 Å². The molecule has 0 saturated heterocycles. The van der Waals surface area contributed by atoms with E-state index in [9.17, 15) is 5.11 Å². The minimum Gasteiger partial charge on any atom is -0.391 e. The first-order valence-electron chi connectivity index (χ1n) is 4.13. The van der Waals surface area contributed by atoms with Crippen molar-refractivity contribution in [1.82, 2.24) is 9.78 Å². The van der Waals surface area contributed by atoms with Crippen LogP contribution in [0.1, 0.15) is 13.3 Å². The predicted octanol–water partition coefficient (Wildman–Crippen LogP) is 0.603. The van der Waals surface area contributed by atoms with E-state index in [1.807, 2.05) is 20.2 Å². The molecule has 0 saturated carbocycles. The molecular weight excluding hydrogens is 154 g/mol. The van der Waals surface area contributed by atoms with Gasteiger partial charge in [0.25, 0.3) is 0 Å².